The van der Waals surface area contributed by atoms with Crippen molar-refractivity contribution in [1.82, 2.24) is 25.2 Å². The Kier molecular flexibility index (Phi) is 6.66. The molecule has 6 heterocycles. The second-order valence-electron chi connectivity index (χ2n) is 12.7. The van der Waals surface area contributed by atoms with E-state index in [0.29, 0.717) is 65.3 Å². The van der Waals surface area contributed by atoms with Crippen molar-refractivity contribution in [2.24, 2.45) is 5.92 Å². The van der Waals surface area contributed by atoms with Gasteiger partial charge in [0.15, 0.2) is 5.82 Å². The lowest BCUT2D eigenvalue weighted by Crippen LogP contribution is -2.51. The van der Waals surface area contributed by atoms with Crippen LogP contribution in [0.25, 0.3) is 32.9 Å². The quantitative estimate of drug-likeness (QED) is 0.258. The number of halogens is 5. The van der Waals surface area contributed by atoms with Crippen molar-refractivity contribution in [3.8, 4) is 17.3 Å². The van der Waals surface area contributed by atoms with Gasteiger partial charge in [-0.3, -0.25) is 9.88 Å². The molecule has 4 fully saturated rings. The topological polar surface area (TPSA) is 66.4 Å². The molecule has 0 aliphatic carbocycles. The Bertz CT molecular complexity index is 1750. The number of anilines is 1. The van der Waals surface area contributed by atoms with Crippen molar-refractivity contribution in [1.29, 1.82) is 0 Å². The Hall–Kier alpha value is -3.28. The van der Waals surface area contributed by atoms with Crippen molar-refractivity contribution in [2.45, 2.75) is 55.9 Å². The molecule has 4 aromatic rings. The Balaban J connectivity index is 1.22. The predicted molar refractivity (Wildman–Crippen MR) is 161 cm³/mol. The van der Waals surface area contributed by atoms with Gasteiger partial charge in [-0.1, -0.05) is 41.9 Å². The molecule has 4 atom stereocenters. The molecule has 0 saturated carbocycles. The van der Waals surface area contributed by atoms with Gasteiger partial charge in [-0.2, -0.15) is 23.1 Å². The summed E-state index contributed by atoms with van der Waals surface area (Å²) in [5, 5.41) is 6.09. The molecule has 0 radical (unpaired) electrons. The fourth-order valence-electron chi connectivity index (χ4n) is 7.92. The normalized spacial score (nSPS) is 27.0. The molecule has 12 heteroatoms. The van der Waals surface area contributed by atoms with Gasteiger partial charge in [0.25, 0.3) is 0 Å². The zero-order valence-electron chi connectivity index (χ0n) is 23.9. The van der Waals surface area contributed by atoms with Crippen LogP contribution in [-0.4, -0.2) is 76.4 Å². The monoisotopic (exact) mass is 626 g/mol. The van der Waals surface area contributed by atoms with Crippen LogP contribution in [0, 0.1) is 11.7 Å². The van der Waals surface area contributed by atoms with E-state index in [-0.39, 0.29) is 36.8 Å². The minimum Gasteiger partial charge on any atom is -0.461 e. The van der Waals surface area contributed by atoms with Gasteiger partial charge in [0.05, 0.1) is 16.8 Å². The summed E-state index contributed by atoms with van der Waals surface area (Å²) in [4.78, 5) is 17.9. The molecule has 4 aliphatic heterocycles. The maximum Gasteiger partial charge on any atom is 0.393 e. The highest BCUT2D eigenvalue weighted by Crippen LogP contribution is 2.47. The van der Waals surface area contributed by atoms with Gasteiger partial charge < -0.3 is 15.0 Å². The van der Waals surface area contributed by atoms with Crippen molar-refractivity contribution in [2.75, 3.05) is 37.7 Å². The van der Waals surface area contributed by atoms with Crippen LogP contribution < -0.4 is 15.0 Å². The Morgan fingerprint density at radius 3 is 2.59 bits per heavy atom. The number of hydrogen-bond donors (Lipinski definition) is 1. The van der Waals surface area contributed by atoms with Crippen LogP contribution in [0.15, 0.2) is 42.6 Å². The fourth-order valence-corrected chi connectivity index (χ4v) is 8.20. The van der Waals surface area contributed by atoms with E-state index in [1.807, 2.05) is 29.2 Å². The second-order valence-corrected chi connectivity index (χ2v) is 13.1. The summed E-state index contributed by atoms with van der Waals surface area (Å²) in [5.41, 5.74) is -0.0316. The van der Waals surface area contributed by atoms with Gasteiger partial charge >= 0.3 is 12.2 Å². The molecule has 2 aromatic carbocycles. The van der Waals surface area contributed by atoms with Crippen molar-refractivity contribution in [3.63, 3.8) is 0 Å². The molecule has 2 unspecified atom stereocenters. The van der Waals surface area contributed by atoms with Gasteiger partial charge in [-0.05, 0) is 50.1 Å². The molecular formula is C32H31ClF4N6O. The van der Waals surface area contributed by atoms with E-state index in [4.69, 9.17) is 21.3 Å². The standard InChI is InChI=1S/C32H31ClF4N6O/c33-24-7-2-5-18-4-1-6-22(25(18)24)27-26(34)28-23(13-38-27)29(42-15-20-8-9-21(16-42)39-20)41-30(40-28)44-17-31-10-3-11-43(31)14-19(12-31)32(35,36)37/h1-2,4-7,13,19-21,39H,3,8-12,14-17H2/t19?,20-,21+,31?. The van der Waals surface area contributed by atoms with E-state index >= 15 is 4.39 Å². The largest absolute Gasteiger partial charge is 0.461 e. The number of ether oxygens (including phenoxy) is 1. The molecular weight excluding hydrogens is 596 g/mol. The smallest absolute Gasteiger partial charge is 0.393 e. The molecule has 1 N–H and O–H groups in total. The summed E-state index contributed by atoms with van der Waals surface area (Å²) >= 11 is 6.57. The van der Waals surface area contributed by atoms with Crippen LogP contribution in [0.5, 0.6) is 6.01 Å². The van der Waals surface area contributed by atoms with Gasteiger partial charge in [0.1, 0.15) is 23.6 Å². The van der Waals surface area contributed by atoms with E-state index in [1.165, 1.54) is 0 Å². The number of fused-ring (bicyclic) bond motifs is 5. The van der Waals surface area contributed by atoms with Gasteiger partial charge in [0, 0.05) is 53.9 Å². The highest BCUT2D eigenvalue weighted by atomic mass is 35.5. The van der Waals surface area contributed by atoms with Crippen LogP contribution in [0.1, 0.15) is 32.1 Å². The minimum atomic E-state index is -4.26. The molecule has 4 saturated heterocycles. The van der Waals surface area contributed by atoms with Gasteiger partial charge in [-0.25, -0.2) is 4.39 Å². The lowest BCUT2D eigenvalue weighted by atomic mass is 9.90. The lowest BCUT2D eigenvalue weighted by molar-refractivity contribution is -0.171. The van der Waals surface area contributed by atoms with E-state index in [2.05, 4.69) is 20.2 Å². The van der Waals surface area contributed by atoms with E-state index in [1.54, 1.807) is 18.3 Å². The number of piperazine rings is 1. The van der Waals surface area contributed by atoms with E-state index in [9.17, 15) is 13.2 Å². The van der Waals surface area contributed by atoms with Crippen LogP contribution in [0.4, 0.5) is 23.4 Å². The molecule has 8 rings (SSSR count). The van der Waals surface area contributed by atoms with Crippen molar-refractivity contribution >= 4 is 39.1 Å². The first kappa shape index (κ1) is 28.2. The number of aromatic nitrogens is 3. The van der Waals surface area contributed by atoms with Crippen LogP contribution in [-0.2, 0) is 0 Å². The summed E-state index contributed by atoms with van der Waals surface area (Å²) < 4.78 is 63.9. The average molecular weight is 627 g/mol. The molecule has 2 bridgehead atoms. The van der Waals surface area contributed by atoms with Gasteiger partial charge in [0.2, 0.25) is 0 Å². The first-order valence-electron chi connectivity index (χ1n) is 15.2. The van der Waals surface area contributed by atoms with Crippen molar-refractivity contribution < 1.29 is 22.3 Å². The van der Waals surface area contributed by atoms with E-state index < -0.39 is 23.5 Å². The Morgan fingerprint density at radius 1 is 1.05 bits per heavy atom. The van der Waals surface area contributed by atoms with E-state index in [0.717, 1.165) is 24.6 Å². The summed E-state index contributed by atoms with van der Waals surface area (Å²) in [6, 6.07) is 11.6. The number of benzene rings is 2. The third-order valence-corrected chi connectivity index (χ3v) is 10.3. The SMILES string of the molecule is Fc1c(-c2cccc3cccc(Cl)c23)ncc2c(N3C[C@H]4CC[C@@H](C3)N4)nc(OCC34CCCN3CC(C(F)(F)F)C4)nc12. The Morgan fingerprint density at radius 2 is 1.82 bits per heavy atom. The van der Waals surface area contributed by atoms with Gasteiger partial charge in [-0.15, -0.1) is 0 Å². The first-order chi connectivity index (χ1) is 21.2. The third-order valence-electron chi connectivity index (χ3n) is 10.0. The predicted octanol–water partition coefficient (Wildman–Crippen LogP) is 6.37. The van der Waals surface area contributed by atoms with Crippen LogP contribution in [0.3, 0.4) is 0 Å². The second kappa shape index (κ2) is 10.4. The minimum absolute atomic E-state index is 0.00974. The molecule has 230 valence electrons. The number of nitrogens with one attached hydrogen (secondary N) is 1. The highest BCUT2D eigenvalue weighted by molar-refractivity contribution is 6.36. The summed E-state index contributed by atoms with van der Waals surface area (Å²) in [5.74, 6) is -1.49. The molecule has 44 heavy (non-hydrogen) atoms. The fraction of sp³-hybridized carbons (Fsp3) is 0.469. The zero-order chi connectivity index (χ0) is 30.2. The molecule has 0 spiro atoms. The van der Waals surface area contributed by atoms with Crippen molar-refractivity contribution in [3.05, 3.63) is 53.4 Å². The van der Waals surface area contributed by atoms with Crippen LogP contribution >= 0.6 is 11.6 Å². The maximum absolute atomic E-state index is 16.6. The number of nitrogens with zero attached hydrogens (tertiary/aromatic N) is 5. The summed E-state index contributed by atoms with van der Waals surface area (Å²) in [6.07, 6.45) is 0.819. The summed E-state index contributed by atoms with van der Waals surface area (Å²) in [7, 11) is 0. The first-order valence-corrected chi connectivity index (χ1v) is 15.6. The number of alkyl halides is 3. The lowest BCUT2D eigenvalue weighted by Gasteiger charge is -2.34. The molecule has 4 aliphatic rings. The zero-order valence-corrected chi connectivity index (χ0v) is 24.6. The number of hydrogen-bond acceptors (Lipinski definition) is 7. The molecule has 0 amide bonds. The Labute approximate surface area is 256 Å². The molecule has 2 aromatic heterocycles. The van der Waals surface area contributed by atoms with Crippen LogP contribution in [0.2, 0.25) is 5.02 Å². The maximum atomic E-state index is 16.6. The molecule has 7 nitrogen and oxygen atoms in total. The average Bonchev–Trinajstić information content (AvgIpc) is 3.67. The summed E-state index contributed by atoms with van der Waals surface area (Å²) in [6.45, 7) is 1.96. The highest BCUT2D eigenvalue weighted by Gasteiger charge is 2.56. The number of pyridine rings is 1. The third kappa shape index (κ3) is 4.66. The number of rotatable bonds is 5.